The topological polar surface area (TPSA) is 12.0 Å². The molecule has 1 heteroatoms. The monoisotopic (exact) mass is 92.1 g/mol. The molecular formula is C6H6N. The van der Waals surface area contributed by atoms with E-state index in [1.807, 2.05) is 30.5 Å². The molecule has 1 radical (unpaired) electrons. The third kappa shape index (κ3) is 1.26. The zero-order valence-corrected chi connectivity index (χ0v) is 3.89. The van der Waals surface area contributed by atoms with E-state index in [9.17, 15) is 0 Å². The Morgan fingerprint density at radius 3 is 3.14 bits per heavy atom. The maximum Gasteiger partial charge on any atom is 0.0618 e. The molecule has 1 N–H and O–H groups in total. The minimum Gasteiger partial charge on any atom is -0.360 e. The lowest BCUT2D eigenvalue weighted by atomic mass is 10.5. The van der Waals surface area contributed by atoms with Gasteiger partial charge in [0.2, 0.25) is 0 Å². The number of rotatable bonds is 0. The number of hydrogen-bond acceptors (Lipinski definition) is 1. The highest BCUT2D eigenvalue weighted by Gasteiger charge is 1.68. The van der Waals surface area contributed by atoms with Crippen molar-refractivity contribution < 1.29 is 0 Å². The molecule has 1 aliphatic heterocycles. The summed E-state index contributed by atoms with van der Waals surface area (Å²) in [5.41, 5.74) is 0. The highest BCUT2D eigenvalue weighted by molar-refractivity contribution is 5.12. The molecule has 0 aromatic heterocycles. The fraction of sp³-hybridized carbons (Fsp3) is 0. The van der Waals surface area contributed by atoms with Gasteiger partial charge in [-0.3, -0.25) is 0 Å². The molecule has 1 rings (SSSR count). The van der Waals surface area contributed by atoms with Gasteiger partial charge >= 0.3 is 0 Å². The first-order valence-electron chi connectivity index (χ1n) is 2.16. The van der Waals surface area contributed by atoms with Gasteiger partial charge in [-0.25, -0.2) is 0 Å². The van der Waals surface area contributed by atoms with Crippen LogP contribution in [-0.4, -0.2) is 0 Å². The largest absolute Gasteiger partial charge is 0.360 e. The summed E-state index contributed by atoms with van der Waals surface area (Å²) in [5, 5.41) is 2.80. The Labute approximate surface area is 43.0 Å². The minimum atomic E-state index is 1.82. The van der Waals surface area contributed by atoms with Gasteiger partial charge in [0.15, 0.2) is 0 Å². The van der Waals surface area contributed by atoms with Crippen LogP contribution in [0.4, 0.5) is 0 Å². The Bertz CT molecular complexity index is 106. The van der Waals surface area contributed by atoms with E-state index in [1.54, 1.807) is 0 Å². The summed E-state index contributed by atoms with van der Waals surface area (Å²) in [6.07, 6.45) is 12.2. The SMILES string of the molecule is [C]1=CC=CC=CN1. The normalized spacial score (nSPS) is 16.0. The Kier molecular flexibility index (Phi) is 1.34. The van der Waals surface area contributed by atoms with Crippen LogP contribution in [0.3, 0.4) is 0 Å². The summed E-state index contributed by atoms with van der Waals surface area (Å²) >= 11 is 0. The van der Waals surface area contributed by atoms with Crippen molar-refractivity contribution in [3.8, 4) is 0 Å². The van der Waals surface area contributed by atoms with Crippen LogP contribution in [0.5, 0.6) is 0 Å². The van der Waals surface area contributed by atoms with Crippen molar-refractivity contribution in [1.82, 2.24) is 5.32 Å². The molecule has 0 fully saturated rings. The van der Waals surface area contributed by atoms with E-state index >= 15 is 0 Å². The second-order valence-electron chi connectivity index (χ2n) is 1.20. The Morgan fingerprint density at radius 2 is 2.14 bits per heavy atom. The van der Waals surface area contributed by atoms with Crippen LogP contribution in [0.1, 0.15) is 0 Å². The quantitative estimate of drug-likeness (QED) is 0.469. The molecule has 0 aromatic carbocycles. The van der Waals surface area contributed by atoms with Crippen molar-refractivity contribution in [2.45, 2.75) is 0 Å². The zero-order chi connectivity index (χ0) is 4.95. The van der Waals surface area contributed by atoms with E-state index in [2.05, 4.69) is 11.5 Å². The summed E-state index contributed by atoms with van der Waals surface area (Å²) in [4.78, 5) is 0. The summed E-state index contributed by atoms with van der Waals surface area (Å²) in [6, 6.07) is 0. The molecule has 0 aliphatic carbocycles. The standard InChI is InChI=1S/C6H6N/c1-2-4-6-7-5-3-1/h1-5,7H. The molecule has 0 amide bonds. The van der Waals surface area contributed by atoms with E-state index in [1.165, 1.54) is 0 Å². The number of allylic oxidation sites excluding steroid dienone is 4. The van der Waals surface area contributed by atoms with E-state index in [4.69, 9.17) is 0 Å². The van der Waals surface area contributed by atoms with E-state index in [-0.39, 0.29) is 0 Å². The third-order valence-electron chi connectivity index (χ3n) is 0.665. The first kappa shape index (κ1) is 4.19. The maximum absolute atomic E-state index is 2.80. The fourth-order valence-corrected chi connectivity index (χ4v) is 0.368. The Hall–Kier alpha value is -0.980. The smallest absolute Gasteiger partial charge is 0.0618 e. The highest BCUT2D eigenvalue weighted by atomic mass is 14.8. The van der Waals surface area contributed by atoms with Crippen molar-refractivity contribution >= 4 is 0 Å². The number of nitrogens with one attached hydrogen (secondary N) is 1. The van der Waals surface area contributed by atoms with Crippen molar-refractivity contribution in [1.29, 1.82) is 0 Å². The molecule has 35 valence electrons. The molecule has 1 aliphatic rings. The highest BCUT2D eigenvalue weighted by Crippen LogP contribution is 1.80. The lowest BCUT2D eigenvalue weighted by Crippen LogP contribution is -1.88. The van der Waals surface area contributed by atoms with E-state index in [0.29, 0.717) is 0 Å². The first-order chi connectivity index (χ1) is 3.50. The lowest BCUT2D eigenvalue weighted by Gasteiger charge is -1.77. The second kappa shape index (κ2) is 2.24. The van der Waals surface area contributed by atoms with Gasteiger partial charge in [0.05, 0.1) is 6.20 Å². The molecule has 1 heterocycles. The molecule has 0 saturated heterocycles. The van der Waals surface area contributed by atoms with Gasteiger partial charge in [0, 0.05) is 6.20 Å². The van der Waals surface area contributed by atoms with Crippen LogP contribution in [0.25, 0.3) is 0 Å². The van der Waals surface area contributed by atoms with Crippen molar-refractivity contribution in [2.24, 2.45) is 0 Å². The predicted octanol–water partition coefficient (Wildman–Crippen LogP) is 0.976. The lowest BCUT2D eigenvalue weighted by molar-refractivity contribution is 1.16. The van der Waals surface area contributed by atoms with Crippen molar-refractivity contribution in [3.05, 3.63) is 36.7 Å². The summed E-state index contributed by atoms with van der Waals surface area (Å²) in [5.74, 6) is 0. The average molecular weight is 92.1 g/mol. The van der Waals surface area contributed by atoms with E-state index in [0.717, 1.165) is 0 Å². The molecule has 0 spiro atoms. The van der Waals surface area contributed by atoms with Gasteiger partial charge in [-0.05, 0) is 12.2 Å². The summed E-state index contributed by atoms with van der Waals surface area (Å²) < 4.78 is 0. The molecule has 0 bridgehead atoms. The third-order valence-corrected chi connectivity index (χ3v) is 0.665. The van der Waals surface area contributed by atoms with E-state index < -0.39 is 0 Å². The zero-order valence-electron chi connectivity index (χ0n) is 3.89. The maximum atomic E-state index is 2.80. The Morgan fingerprint density at radius 1 is 1.14 bits per heavy atom. The molecule has 7 heavy (non-hydrogen) atoms. The Balaban J connectivity index is 2.60. The van der Waals surface area contributed by atoms with Crippen LogP contribution >= 0.6 is 0 Å². The van der Waals surface area contributed by atoms with Crippen LogP contribution in [0.2, 0.25) is 0 Å². The van der Waals surface area contributed by atoms with Gasteiger partial charge in [-0.15, -0.1) is 0 Å². The predicted molar refractivity (Wildman–Crippen MR) is 29.2 cm³/mol. The van der Waals surface area contributed by atoms with Gasteiger partial charge in [0.25, 0.3) is 0 Å². The summed E-state index contributed by atoms with van der Waals surface area (Å²) in [7, 11) is 0. The average Bonchev–Trinajstić information content (AvgIpc) is 1.90. The summed E-state index contributed by atoms with van der Waals surface area (Å²) in [6.45, 7) is 0. The van der Waals surface area contributed by atoms with Crippen LogP contribution in [-0.2, 0) is 0 Å². The van der Waals surface area contributed by atoms with Gasteiger partial charge in [-0.2, -0.15) is 0 Å². The van der Waals surface area contributed by atoms with Crippen molar-refractivity contribution in [2.75, 3.05) is 0 Å². The fourth-order valence-electron chi connectivity index (χ4n) is 0.368. The van der Waals surface area contributed by atoms with Crippen LogP contribution in [0.15, 0.2) is 30.5 Å². The first-order valence-corrected chi connectivity index (χ1v) is 2.16. The molecule has 0 unspecified atom stereocenters. The molecule has 0 atom stereocenters. The number of hydrogen-bond donors (Lipinski definition) is 1. The minimum absolute atomic E-state index is 1.82. The molecular weight excluding hydrogens is 86.1 g/mol. The van der Waals surface area contributed by atoms with Crippen LogP contribution < -0.4 is 5.32 Å². The van der Waals surface area contributed by atoms with Crippen molar-refractivity contribution in [3.63, 3.8) is 0 Å². The van der Waals surface area contributed by atoms with Crippen LogP contribution in [0, 0.1) is 6.20 Å². The molecule has 0 saturated carbocycles. The molecule has 0 aromatic rings. The molecule has 1 nitrogen and oxygen atoms in total. The van der Waals surface area contributed by atoms with Gasteiger partial charge in [-0.1, -0.05) is 12.2 Å². The van der Waals surface area contributed by atoms with Gasteiger partial charge in [0.1, 0.15) is 0 Å². The van der Waals surface area contributed by atoms with Gasteiger partial charge < -0.3 is 5.32 Å². The second-order valence-corrected chi connectivity index (χ2v) is 1.20.